The Labute approximate surface area is 90.1 Å². The molecule has 0 aromatic rings. The molecule has 0 rings (SSSR count). The highest BCUT2D eigenvalue weighted by Gasteiger charge is 2.17. The second kappa shape index (κ2) is 6.86. The van der Waals surface area contributed by atoms with E-state index in [1.807, 2.05) is 0 Å². The molecule has 0 amide bonds. The Kier molecular flexibility index (Phi) is 6.61. The zero-order chi connectivity index (χ0) is 11.1. The second-order valence-electron chi connectivity index (χ2n) is 4.77. The molecule has 0 radical (unpaired) electrons. The lowest BCUT2D eigenvalue weighted by molar-refractivity contribution is 0.368. The lowest BCUT2D eigenvalue weighted by atomic mass is 9.81. The predicted octanol–water partition coefficient (Wildman–Crippen LogP) is 4.83. The molecule has 0 saturated carbocycles. The molecular formula is C14H26. The van der Waals surface area contributed by atoms with E-state index in [0.717, 1.165) is 17.8 Å². The maximum absolute atomic E-state index is 2.32. The second-order valence-corrected chi connectivity index (χ2v) is 4.77. The summed E-state index contributed by atoms with van der Waals surface area (Å²) in [5, 5.41) is 0. The van der Waals surface area contributed by atoms with Crippen LogP contribution < -0.4 is 0 Å². The molecule has 0 heteroatoms. The van der Waals surface area contributed by atoms with Gasteiger partial charge in [0.05, 0.1) is 0 Å². The number of rotatable bonds is 5. The maximum atomic E-state index is 2.32. The van der Waals surface area contributed by atoms with Crippen LogP contribution in [0.2, 0.25) is 0 Å². The molecule has 0 spiro atoms. The Morgan fingerprint density at radius 3 is 1.93 bits per heavy atom. The third kappa shape index (κ3) is 4.64. The zero-order valence-electron chi connectivity index (χ0n) is 10.7. The maximum Gasteiger partial charge on any atom is -0.0140 e. The van der Waals surface area contributed by atoms with Crippen molar-refractivity contribution in [3.05, 3.63) is 23.8 Å². The normalized spacial score (nSPS) is 15.9. The lowest BCUT2D eigenvalue weighted by Crippen LogP contribution is -2.13. The fourth-order valence-corrected chi connectivity index (χ4v) is 1.93. The summed E-state index contributed by atoms with van der Waals surface area (Å²) in [6.45, 7) is 13.5. The molecule has 1 atom stereocenters. The third-order valence-electron chi connectivity index (χ3n) is 2.65. The van der Waals surface area contributed by atoms with Crippen LogP contribution in [-0.4, -0.2) is 0 Å². The summed E-state index contributed by atoms with van der Waals surface area (Å²) in [7, 11) is 0. The van der Waals surface area contributed by atoms with Crippen molar-refractivity contribution < 1.29 is 0 Å². The van der Waals surface area contributed by atoms with Gasteiger partial charge in [-0.25, -0.2) is 0 Å². The molecule has 1 unspecified atom stereocenters. The van der Waals surface area contributed by atoms with E-state index in [9.17, 15) is 0 Å². The zero-order valence-corrected chi connectivity index (χ0v) is 10.7. The molecule has 0 aliphatic rings. The SMILES string of the molecule is C/C=C\C(=C/C)C(CC(C)C)C(C)C. The summed E-state index contributed by atoms with van der Waals surface area (Å²) in [5.41, 5.74) is 1.50. The average Bonchev–Trinajstić information content (AvgIpc) is 2.10. The van der Waals surface area contributed by atoms with Crippen molar-refractivity contribution in [3.63, 3.8) is 0 Å². The standard InChI is InChI=1S/C14H26/c1-7-9-13(8-2)14(12(5)6)10-11(3)4/h7-9,11-12,14H,10H2,1-6H3/b9-7-,13-8+. The van der Waals surface area contributed by atoms with Crippen molar-refractivity contribution in [3.8, 4) is 0 Å². The largest absolute Gasteiger partial charge is 0.0874 e. The number of hydrogen-bond acceptors (Lipinski definition) is 0. The highest BCUT2D eigenvalue weighted by Crippen LogP contribution is 2.28. The highest BCUT2D eigenvalue weighted by atomic mass is 14.2. The van der Waals surface area contributed by atoms with Crippen molar-refractivity contribution in [1.82, 2.24) is 0 Å². The Bertz CT molecular complexity index is 194. The number of allylic oxidation sites excluding steroid dienone is 4. The molecule has 0 N–H and O–H groups in total. The van der Waals surface area contributed by atoms with Gasteiger partial charge in [-0.3, -0.25) is 0 Å². The van der Waals surface area contributed by atoms with Gasteiger partial charge in [-0.15, -0.1) is 0 Å². The average molecular weight is 194 g/mol. The van der Waals surface area contributed by atoms with E-state index in [0.29, 0.717) is 0 Å². The van der Waals surface area contributed by atoms with Gasteiger partial charge in [-0.05, 0) is 43.6 Å². The van der Waals surface area contributed by atoms with Gasteiger partial charge in [0, 0.05) is 0 Å². The summed E-state index contributed by atoms with van der Waals surface area (Å²) in [6.07, 6.45) is 7.95. The molecular weight excluding hydrogens is 168 g/mol. The van der Waals surface area contributed by atoms with E-state index < -0.39 is 0 Å². The minimum atomic E-state index is 0.719. The van der Waals surface area contributed by atoms with Crippen molar-refractivity contribution in [2.75, 3.05) is 0 Å². The van der Waals surface area contributed by atoms with Crippen LogP contribution in [0.1, 0.15) is 48.0 Å². The summed E-state index contributed by atoms with van der Waals surface area (Å²) in [5.74, 6) is 2.23. The van der Waals surface area contributed by atoms with Gasteiger partial charge < -0.3 is 0 Å². The summed E-state index contributed by atoms with van der Waals surface area (Å²) in [4.78, 5) is 0. The van der Waals surface area contributed by atoms with Crippen LogP contribution >= 0.6 is 0 Å². The summed E-state index contributed by atoms with van der Waals surface area (Å²) in [6, 6.07) is 0. The molecule has 82 valence electrons. The molecule has 0 bridgehead atoms. The van der Waals surface area contributed by atoms with Crippen LogP contribution in [0.5, 0.6) is 0 Å². The Balaban J connectivity index is 4.62. The first-order chi connectivity index (χ1) is 6.52. The lowest BCUT2D eigenvalue weighted by Gasteiger charge is -2.24. The van der Waals surface area contributed by atoms with Gasteiger partial charge in [-0.2, -0.15) is 0 Å². The van der Waals surface area contributed by atoms with Crippen LogP contribution in [0.4, 0.5) is 0 Å². The predicted molar refractivity (Wildman–Crippen MR) is 66.4 cm³/mol. The molecule has 14 heavy (non-hydrogen) atoms. The fourth-order valence-electron chi connectivity index (χ4n) is 1.93. The molecule has 0 heterocycles. The van der Waals surface area contributed by atoms with E-state index >= 15 is 0 Å². The van der Waals surface area contributed by atoms with Crippen LogP contribution in [0, 0.1) is 17.8 Å². The molecule has 0 fully saturated rings. The number of hydrogen-bond donors (Lipinski definition) is 0. The van der Waals surface area contributed by atoms with E-state index in [4.69, 9.17) is 0 Å². The highest BCUT2D eigenvalue weighted by molar-refractivity contribution is 5.21. The first-order valence-corrected chi connectivity index (χ1v) is 5.81. The van der Waals surface area contributed by atoms with Gasteiger partial charge in [0.2, 0.25) is 0 Å². The van der Waals surface area contributed by atoms with Crippen LogP contribution in [0.15, 0.2) is 23.8 Å². The van der Waals surface area contributed by atoms with Crippen LogP contribution in [-0.2, 0) is 0 Å². The molecule has 0 saturated heterocycles. The first-order valence-electron chi connectivity index (χ1n) is 5.81. The summed E-state index contributed by atoms with van der Waals surface area (Å²) >= 11 is 0. The quantitative estimate of drug-likeness (QED) is 0.550. The third-order valence-corrected chi connectivity index (χ3v) is 2.65. The molecule has 0 aliphatic carbocycles. The van der Waals surface area contributed by atoms with Gasteiger partial charge >= 0.3 is 0 Å². The molecule has 0 aromatic heterocycles. The van der Waals surface area contributed by atoms with Gasteiger partial charge in [0.15, 0.2) is 0 Å². The minimum Gasteiger partial charge on any atom is -0.0874 e. The van der Waals surface area contributed by atoms with E-state index in [2.05, 4.69) is 59.8 Å². The monoisotopic (exact) mass is 194 g/mol. The van der Waals surface area contributed by atoms with Crippen molar-refractivity contribution in [2.45, 2.75) is 48.0 Å². The molecule has 0 nitrogen and oxygen atoms in total. The van der Waals surface area contributed by atoms with E-state index in [1.54, 1.807) is 0 Å². The first kappa shape index (κ1) is 13.5. The Morgan fingerprint density at radius 1 is 1.07 bits per heavy atom. The van der Waals surface area contributed by atoms with Gasteiger partial charge in [-0.1, -0.05) is 45.9 Å². The van der Waals surface area contributed by atoms with Crippen LogP contribution in [0.25, 0.3) is 0 Å². The Morgan fingerprint density at radius 2 is 1.64 bits per heavy atom. The van der Waals surface area contributed by atoms with E-state index in [1.165, 1.54) is 12.0 Å². The van der Waals surface area contributed by atoms with Crippen LogP contribution in [0.3, 0.4) is 0 Å². The topological polar surface area (TPSA) is 0 Å². The molecule has 0 aliphatic heterocycles. The minimum absolute atomic E-state index is 0.719. The fraction of sp³-hybridized carbons (Fsp3) is 0.714. The van der Waals surface area contributed by atoms with Crippen molar-refractivity contribution in [1.29, 1.82) is 0 Å². The van der Waals surface area contributed by atoms with Gasteiger partial charge in [0.1, 0.15) is 0 Å². The summed E-state index contributed by atoms with van der Waals surface area (Å²) < 4.78 is 0. The van der Waals surface area contributed by atoms with Crippen molar-refractivity contribution in [2.24, 2.45) is 17.8 Å². The van der Waals surface area contributed by atoms with Crippen molar-refractivity contribution >= 4 is 0 Å². The Hall–Kier alpha value is -0.520. The molecule has 0 aromatic carbocycles. The van der Waals surface area contributed by atoms with E-state index in [-0.39, 0.29) is 0 Å². The van der Waals surface area contributed by atoms with Gasteiger partial charge in [0.25, 0.3) is 0 Å². The smallest absolute Gasteiger partial charge is 0.0140 e.